The number of nitrogens with one attached hydrogen (secondary N) is 1. The van der Waals surface area contributed by atoms with E-state index in [9.17, 15) is 8.42 Å². The van der Waals surface area contributed by atoms with Crippen molar-refractivity contribution in [2.24, 2.45) is 5.73 Å². The van der Waals surface area contributed by atoms with E-state index < -0.39 is 15.6 Å². The second-order valence-electron chi connectivity index (χ2n) is 5.20. The van der Waals surface area contributed by atoms with Crippen molar-refractivity contribution >= 4 is 10.0 Å². The molecule has 6 heteroatoms. The minimum atomic E-state index is -3.57. The van der Waals surface area contributed by atoms with Crippen LogP contribution in [0.3, 0.4) is 0 Å². The molecule has 112 valence electrons. The van der Waals surface area contributed by atoms with Gasteiger partial charge in [-0.25, -0.2) is 13.1 Å². The molecule has 1 aliphatic carbocycles. The Morgan fingerprint density at radius 1 is 1.35 bits per heavy atom. The Hall–Kier alpha value is -1.11. The van der Waals surface area contributed by atoms with Gasteiger partial charge in [0.2, 0.25) is 10.0 Å². The lowest BCUT2D eigenvalue weighted by molar-refractivity contribution is 0.339. The van der Waals surface area contributed by atoms with Crippen LogP contribution < -0.4 is 15.2 Å². The first-order chi connectivity index (χ1) is 9.51. The standard InChI is InChI=1S/C14H22N2O3S/c1-2-19-12-6-5-7-13(10-12)20(17,18)16-14(11-15)8-3-4-9-14/h5-7,10,16H,2-4,8-9,11,15H2,1H3. The number of rotatable bonds is 6. The maximum absolute atomic E-state index is 12.5. The van der Waals surface area contributed by atoms with Crippen molar-refractivity contribution in [3.05, 3.63) is 24.3 Å². The van der Waals surface area contributed by atoms with Gasteiger partial charge in [-0.05, 0) is 31.9 Å². The van der Waals surface area contributed by atoms with Crippen LogP contribution in [0, 0.1) is 0 Å². The molecule has 0 atom stereocenters. The molecular formula is C14H22N2O3S. The van der Waals surface area contributed by atoms with Gasteiger partial charge in [0, 0.05) is 18.2 Å². The minimum Gasteiger partial charge on any atom is -0.494 e. The molecule has 0 heterocycles. The molecule has 2 rings (SSSR count). The number of nitrogens with two attached hydrogens (primary N) is 1. The minimum absolute atomic E-state index is 0.225. The average molecular weight is 298 g/mol. The zero-order valence-corrected chi connectivity index (χ0v) is 12.6. The third-order valence-corrected chi connectivity index (χ3v) is 5.31. The smallest absolute Gasteiger partial charge is 0.241 e. The van der Waals surface area contributed by atoms with Crippen LogP contribution >= 0.6 is 0 Å². The summed E-state index contributed by atoms with van der Waals surface area (Å²) in [6, 6.07) is 6.55. The maximum atomic E-state index is 12.5. The third kappa shape index (κ3) is 3.31. The Morgan fingerprint density at radius 2 is 2.05 bits per heavy atom. The van der Waals surface area contributed by atoms with Gasteiger partial charge in [0.1, 0.15) is 5.75 Å². The first-order valence-electron chi connectivity index (χ1n) is 6.98. The average Bonchev–Trinajstić information content (AvgIpc) is 2.88. The molecule has 3 N–H and O–H groups in total. The second-order valence-corrected chi connectivity index (χ2v) is 6.89. The predicted molar refractivity (Wildman–Crippen MR) is 78.2 cm³/mol. The summed E-state index contributed by atoms with van der Waals surface area (Å²) < 4.78 is 33.1. The molecule has 1 fully saturated rings. The van der Waals surface area contributed by atoms with Crippen molar-refractivity contribution in [1.82, 2.24) is 4.72 Å². The first kappa shape index (κ1) is 15.3. The first-order valence-corrected chi connectivity index (χ1v) is 8.46. The van der Waals surface area contributed by atoms with Gasteiger partial charge < -0.3 is 10.5 Å². The highest BCUT2D eigenvalue weighted by molar-refractivity contribution is 7.89. The van der Waals surface area contributed by atoms with E-state index in [0.29, 0.717) is 18.9 Å². The van der Waals surface area contributed by atoms with Crippen LogP contribution in [0.4, 0.5) is 0 Å². The van der Waals surface area contributed by atoms with Gasteiger partial charge in [-0.3, -0.25) is 0 Å². The summed E-state index contributed by atoms with van der Waals surface area (Å²) in [5.74, 6) is 0.559. The highest BCUT2D eigenvalue weighted by atomic mass is 32.2. The van der Waals surface area contributed by atoms with E-state index in [0.717, 1.165) is 25.7 Å². The van der Waals surface area contributed by atoms with Crippen molar-refractivity contribution in [2.45, 2.75) is 43.0 Å². The summed E-state index contributed by atoms with van der Waals surface area (Å²) in [4.78, 5) is 0.225. The molecular weight excluding hydrogens is 276 g/mol. The van der Waals surface area contributed by atoms with Crippen LogP contribution in [0.2, 0.25) is 0 Å². The van der Waals surface area contributed by atoms with Gasteiger partial charge in [-0.1, -0.05) is 18.9 Å². The number of sulfonamides is 1. The quantitative estimate of drug-likeness (QED) is 0.836. The Bertz CT molecular complexity index is 551. The van der Waals surface area contributed by atoms with E-state index in [1.807, 2.05) is 6.92 Å². The van der Waals surface area contributed by atoms with Crippen molar-refractivity contribution in [3.63, 3.8) is 0 Å². The summed E-state index contributed by atoms with van der Waals surface area (Å²) in [7, 11) is -3.57. The topological polar surface area (TPSA) is 81.4 Å². The lowest BCUT2D eigenvalue weighted by Crippen LogP contribution is -2.51. The molecule has 1 aromatic carbocycles. The van der Waals surface area contributed by atoms with Crippen molar-refractivity contribution < 1.29 is 13.2 Å². The molecule has 0 amide bonds. The van der Waals surface area contributed by atoms with Crippen molar-refractivity contribution in [1.29, 1.82) is 0 Å². The second kappa shape index (κ2) is 6.11. The molecule has 5 nitrogen and oxygen atoms in total. The van der Waals surface area contributed by atoms with E-state index in [-0.39, 0.29) is 4.90 Å². The molecule has 0 unspecified atom stereocenters. The molecule has 0 bridgehead atoms. The van der Waals surface area contributed by atoms with Gasteiger partial charge in [0.25, 0.3) is 0 Å². The van der Waals surface area contributed by atoms with E-state index in [2.05, 4.69) is 4.72 Å². The van der Waals surface area contributed by atoms with Crippen LogP contribution in [0.15, 0.2) is 29.2 Å². The monoisotopic (exact) mass is 298 g/mol. The molecule has 1 saturated carbocycles. The Kier molecular flexibility index (Phi) is 4.67. The molecule has 0 radical (unpaired) electrons. The normalized spacial score (nSPS) is 18.1. The number of benzene rings is 1. The molecule has 1 aliphatic rings. The highest BCUT2D eigenvalue weighted by Gasteiger charge is 2.36. The SMILES string of the molecule is CCOc1cccc(S(=O)(=O)NC2(CN)CCCC2)c1. The third-order valence-electron chi connectivity index (χ3n) is 3.73. The van der Waals surface area contributed by atoms with E-state index in [1.165, 1.54) is 0 Å². The van der Waals surface area contributed by atoms with Gasteiger partial charge in [-0.2, -0.15) is 0 Å². The fourth-order valence-electron chi connectivity index (χ4n) is 2.64. The van der Waals surface area contributed by atoms with Gasteiger partial charge in [0.15, 0.2) is 0 Å². The molecule has 0 spiro atoms. The summed E-state index contributed by atoms with van der Waals surface area (Å²) in [6.07, 6.45) is 3.62. The largest absolute Gasteiger partial charge is 0.494 e. The van der Waals surface area contributed by atoms with Crippen molar-refractivity contribution in [2.75, 3.05) is 13.2 Å². The summed E-state index contributed by atoms with van der Waals surface area (Å²) in [5, 5.41) is 0. The van der Waals surface area contributed by atoms with E-state index in [4.69, 9.17) is 10.5 Å². The van der Waals surface area contributed by atoms with Crippen LogP contribution in [-0.2, 0) is 10.0 Å². The molecule has 0 saturated heterocycles. The Morgan fingerprint density at radius 3 is 2.65 bits per heavy atom. The van der Waals surface area contributed by atoms with Crippen LogP contribution in [-0.4, -0.2) is 27.1 Å². The maximum Gasteiger partial charge on any atom is 0.241 e. The van der Waals surface area contributed by atoms with E-state index >= 15 is 0 Å². The van der Waals surface area contributed by atoms with Gasteiger partial charge >= 0.3 is 0 Å². The highest BCUT2D eigenvalue weighted by Crippen LogP contribution is 2.30. The van der Waals surface area contributed by atoms with Crippen LogP contribution in [0.25, 0.3) is 0 Å². The number of hydrogen-bond acceptors (Lipinski definition) is 4. The summed E-state index contributed by atoms with van der Waals surface area (Å²) in [6.45, 7) is 2.70. The zero-order valence-electron chi connectivity index (χ0n) is 11.8. The van der Waals surface area contributed by atoms with Gasteiger partial charge in [-0.15, -0.1) is 0 Å². The number of ether oxygens (including phenoxy) is 1. The summed E-state index contributed by atoms with van der Waals surface area (Å²) >= 11 is 0. The molecule has 1 aromatic rings. The van der Waals surface area contributed by atoms with E-state index in [1.54, 1.807) is 24.3 Å². The Labute approximate surface area is 120 Å². The molecule has 0 aromatic heterocycles. The number of hydrogen-bond donors (Lipinski definition) is 2. The fourth-order valence-corrected chi connectivity index (χ4v) is 4.15. The van der Waals surface area contributed by atoms with Crippen LogP contribution in [0.5, 0.6) is 5.75 Å². The predicted octanol–water partition coefficient (Wildman–Crippen LogP) is 1.64. The summed E-state index contributed by atoms with van der Waals surface area (Å²) in [5.41, 5.74) is 5.29. The zero-order chi connectivity index (χ0) is 14.6. The lowest BCUT2D eigenvalue weighted by atomic mass is 10.0. The van der Waals surface area contributed by atoms with Crippen molar-refractivity contribution in [3.8, 4) is 5.75 Å². The molecule has 20 heavy (non-hydrogen) atoms. The van der Waals surface area contributed by atoms with Crippen LogP contribution in [0.1, 0.15) is 32.6 Å². The molecule has 0 aliphatic heterocycles. The Balaban J connectivity index is 2.23. The van der Waals surface area contributed by atoms with Gasteiger partial charge in [0.05, 0.1) is 11.5 Å². The fraction of sp³-hybridized carbons (Fsp3) is 0.571. The lowest BCUT2D eigenvalue weighted by Gasteiger charge is -2.28.